The van der Waals surface area contributed by atoms with Crippen molar-refractivity contribution in [1.82, 2.24) is 9.88 Å². The standard InChI is InChI=1S/C14H11BrFN3O/c1-19-8-9(15)6-13(19)14(20)18-12(7-17)10-4-2-3-5-11(10)16/h2-6,8,12H,1H3,(H,18,20). The molecule has 0 saturated heterocycles. The van der Waals surface area contributed by atoms with E-state index in [1.54, 1.807) is 29.9 Å². The Morgan fingerprint density at radius 1 is 1.50 bits per heavy atom. The smallest absolute Gasteiger partial charge is 0.269 e. The zero-order chi connectivity index (χ0) is 14.7. The van der Waals surface area contributed by atoms with E-state index in [4.69, 9.17) is 5.26 Å². The monoisotopic (exact) mass is 335 g/mol. The molecule has 0 spiro atoms. The summed E-state index contributed by atoms with van der Waals surface area (Å²) in [4.78, 5) is 12.1. The molecular weight excluding hydrogens is 325 g/mol. The van der Waals surface area contributed by atoms with Crippen LogP contribution in [0.3, 0.4) is 0 Å². The Morgan fingerprint density at radius 3 is 2.75 bits per heavy atom. The number of hydrogen-bond donors (Lipinski definition) is 1. The summed E-state index contributed by atoms with van der Waals surface area (Å²) in [6.45, 7) is 0. The first-order chi connectivity index (χ1) is 9.52. The van der Waals surface area contributed by atoms with Crippen molar-refractivity contribution in [2.75, 3.05) is 0 Å². The topological polar surface area (TPSA) is 57.8 Å². The van der Waals surface area contributed by atoms with Crippen LogP contribution in [0.15, 0.2) is 41.0 Å². The van der Waals surface area contributed by atoms with Gasteiger partial charge >= 0.3 is 0 Å². The van der Waals surface area contributed by atoms with Crippen LogP contribution in [0, 0.1) is 17.1 Å². The number of nitrogens with one attached hydrogen (secondary N) is 1. The third kappa shape index (κ3) is 2.89. The van der Waals surface area contributed by atoms with Gasteiger partial charge in [-0.05, 0) is 28.1 Å². The molecule has 1 unspecified atom stereocenters. The summed E-state index contributed by atoms with van der Waals surface area (Å²) in [7, 11) is 1.71. The Hall–Kier alpha value is -2.13. The molecule has 6 heteroatoms. The number of benzene rings is 1. The summed E-state index contributed by atoms with van der Waals surface area (Å²) in [5.41, 5.74) is 0.532. The predicted molar refractivity (Wildman–Crippen MR) is 75.3 cm³/mol. The molecule has 0 fully saturated rings. The molecule has 20 heavy (non-hydrogen) atoms. The van der Waals surface area contributed by atoms with Crippen molar-refractivity contribution in [3.05, 3.63) is 58.1 Å². The van der Waals surface area contributed by atoms with Crippen LogP contribution in [-0.2, 0) is 7.05 Å². The van der Waals surface area contributed by atoms with Crippen LogP contribution in [0.25, 0.3) is 0 Å². The summed E-state index contributed by atoms with van der Waals surface area (Å²) in [6, 6.07) is 8.37. The van der Waals surface area contributed by atoms with Crippen LogP contribution < -0.4 is 5.32 Å². The van der Waals surface area contributed by atoms with E-state index in [2.05, 4.69) is 21.2 Å². The molecule has 1 N–H and O–H groups in total. The molecule has 0 saturated carbocycles. The van der Waals surface area contributed by atoms with E-state index in [1.807, 2.05) is 6.07 Å². The molecule has 2 aromatic rings. The highest BCUT2D eigenvalue weighted by atomic mass is 79.9. The second-order valence-electron chi connectivity index (χ2n) is 4.21. The lowest BCUT2D eigenvalue weighted by molar-refractivity contribution is 0.0936. The number of aromatic nitrogens is 1. The van der Waals surface area contributed by atoms with Gasteiger partial charge in [0.15, 0.2) is 0 Å². The maximum atomic E-state index is 13.6. The normalized spacial score (nSPS) is 11.7. The van der Waals surface area contributed by atoms with Gasteiger partial charge < -0.3 is 9.88 Å². The van der Waals surface area contributed by atoms with Crippen molar-refractivity contribution in [2.24, 2.45) is 7.05 Å². The third-order valence-corrected chi connectivity index (χ3v) is 3.26. The van der Waals surface area contributed by atoms with Crippen LogP contribution in [0.5, 0.6) is 0 Å². The highest BCUT2D eigenvalue weighted by Gasteiger charge is 2.19. The highest BCUT2D eigenvalue weighted by Crippen LogP contribution is 2.18. The van der Waals surface area contributed by atoms with E-state index in [9.17, 15) is 9.18 Å². The maximum Gasteiger partial charge on any atom is 0.269 e. The molecule has 0 aliphatic carbocycles. The van der Waals surface area contributed by atoms with Crippen molar-refractivity contribution >= 4 is 21.8 Å². The first-order valence-electron chi connectivity index (χ1n) is 5.79. The van der Waals surface area contributed by atoms with Gasteiger partial charge in [-0.3, -0.25) is 4.79 Å². The van der Waals surface area contributed by atoms with Crippen molar-refractivity contribution < 1.29 is 9.18 Å². The van der Waals surface area contributed by atoms with E-state index in [0.29, 0.717) is 5.69 Å². The number of nitriles is 1. The third-order valence-electron chi connectivity index (χ3n) is 2.82. The van der Waals surface area contributed by atoms with Crippen LogP contribution in [-0.4, -0.2) is 10.5 Å². The van der Waals surface area contributed by atoms with E-state index >= 15 is 0 Å². The van der Waals surface area contributed by atoms with Crippen molar-refractivity contribution in [1.29, 1.82) is 5.26 Å². The molecule has 102 valence electrons. The lowest BCUT2D eigenvalue weighted by atomic mass is 10.1. The molecule has 0 aliphatic heterocycles. The molecule has 0 aliphatic rings. The minimum Gasteiger partial charge on any atom is -0.345 e. The zero-order valence-electron chi connectivity index (χ0n) is 10.6. The minimum absolute atomic E-state index is 0.150. The van der Waals surface area contributed by atoms with Crippen LogP contribution >= 0.6 is 15.9 Å². The van der Waals surface area contributed by atoms with Crippen LogP contribution in [0.4, 0.5) is 4.39 Å². The largest absolute Gasteiger partial charge is 0.345 e. The lowest BCUT2D eigenvalue weighted by Crippen LogP contribution is -2.29. The highest BCUT2D eigenvalue weighted by molar-refractivity contribution is 9.10. The number of aryl methyl sites for hydroxylation is 1. The fraction of sp³-hybridized carbons (Fsp3) is 0.143. The molecular formula is C14H11BrFN3O. The lowest BCUT2D eigenvalue weighted by Gasteiger charge is -2.13. The SMILES string of the molecule is Cn1cc(Br)cc1C(=O)NC(C#N)c1ccccc1F. The second-order valence-corrected chi connectivity index (χ2v) is 5.13. The van der Waals surface area contributed by atoms with Gasteiger partial charge in [0, 0.05) is 23.3 Å². The van der Waals surface area contributed by atoms with Gasteiger partial charge in [0.05, 0.1) is 6.07 Å². The van der Waals surface area contributed by atoms with Gasteiger partial charge in [0.1, 0.15) is 17.6 Å². The first-order valence-corrected chi connectivity index (χ1v) is 6.59. The predicted octanol–water partition coefficient (Wildman–Crippen LogP) is 2.92. The number of hydrogen-bond acceptors (Lipinski definition) is 2. The molecule has 1 aromatic heterocycles. The fourth-order valence-corrected chi connectivity index (χ4v) is 2.37. The molecule has 0 bridgehead atoms. The Kier molecular flexibility index (Phi) is 4.20. The number of amides is 1. The quantitative estimate of drug-likeness (QED) is 0.937. The van der Waals surface area contributed by atoms with Gasteiger partial charge in [0.2, 0.25) is 0 Å². The van der Waals surface area contributed by atoms with Gasteiger partial charge in [-0.1, -0.05) is 18.2 Å². The Labute approximate surface area is 124 Å². The Bertz CT molecular complexity index is 690. The number of nitrogens with zero attached hydrogens (tertiary/aromatic N) is 2. The van der Waals surface area contributed by atoms with Crippen molar-refractivity contribution in [3.63, 3.8) is 0 Å². The van der Waals surface area contributed by atoms with E-state index in [1.165, 1.54) is 18.2 Å². The fourth-order valence-electron chi connectivity index (χ4n) is 1.84. The van der Waals surface area contributed by atoms with Gasteiger partial charge in [-0.2, -0.15) is 5.26 Å². The summed E-state index contributed by atoms with van der Waals surface area (Å²) < 4.78 is 16.0. The van der Waals surface area contributed by atoms with Gasteiger partial charge in [0.25, 0.3) is 5.91 Å². The molecule has 4 nitrogen and oxygen atoms in total. The average Bonchev–Trinajstić information content (AvgIpc) is 2.76. The number of carbonyl (C=O) groups is 1. The van der Waals surface area contributed by atoms with E-state index < -0.39 is 17.8 Å². The zero-order valence-corrected chi connectivity index (χ0v) is 12.2. The van der Waals surface area contributed by atoms with Crippen LogP contribution in [0.2, 0.25) is 0 Å². The molecule has 1 heterocycles. The molecule has 1 atom stereocenters. The summed E-state index contributed by atoms with van der Waals surface area (Å²) in [6.07, 6.45) is 1.72. The summed E-state index contributed by atoms with van der Waals surface area (Å²) in [5, 5.41) is 11.6. The first kappa shape index (κ1) is 14.3. The number of halogens is 2. The Morgan fingerprint density at radius 2 is 2.20 bits per heavy atom. The van der Waals surface area contributed by atoms with Gasteiger partial charge in [-0.15, -0.1) is 0 Å². The average molecular weight is 336 g/mol. The summed E-state index contributed by atoms with van der Waals surface area (Å²) in [5.74, 6) is -0.958. The number of rotatable bonds is 3. The van der Waals surface area contributed by atoms with Crippen molar-refractivity contribution in [3.8, 4) is 6.07 Å². The molecule has 0 radical (unpaired) electrons. The number of carbonyl (C=O) groups excluding carboxylic acids is 1. The Balaban J connectivity index is 2.24. The molecule has 2 rings (SSSR count). The summed E-state index contributed by atoms with van der Waals surface area (Å²) >= 11 is 3.27. The van der Waals surface area contributed by atoms with Crippen molar-refractivity contribution in [2.45, 2.75) is 6.04 Å². The maximum absolute atomic E-state index is 13.6. The van der Waals surface area contributed by atoms with Gasteiger partial charge in [-0.25, -0.2) is 4.39 Å². The van der Waals surface area contributed by atoms with E-state index in [0.717, 1.165) is 4.47 Å². The molecule has 1 amide bonds. The second kappa shape index (κ2) is 5.88. The van der Waals surface area contributed by atoms with Crippen LogP contribution in [0.1, 0.15) is 22.1 Å². The minimum atomic E-state index is -1.03. The van der Waals surface area contributed by atoms with E-state index in [-0.39, 0.29) is 5.56 Å². The molecule has 1 aromatic carbocycles.